The van der Waals surface area contributed by atoms with E-state index in [1.807, 2.05) is 107 Å². The average Bonchev–Trinajstić information content (AvgIpc) is 2.95. The molecular weight excluding hydrogens is 517 g/mol. The first kappa shape index (κ1) is 31.7. The predicted octanol–water partition coefficient (Wildman–Crippen LogP) is 4.07. The Hall–Kier alpha value is -3.82. The number of benzene rings is 3. The number of methoxy groups -OCH3 is 1. The van der Waals surface area contributed by atoms with Crippen molar-refractivity contribution in [2.24, 2.45) is 11.8 Å². The Balaban J connectivity index is 1.85. The normalized spacial score (nSPS) is 13.3. The lowest BCUT2D eigenvalue weighted by molar-refractivity contribution is -0.130. The highest BCUT2D eigenvalue weighted by molar-refractivity contribution is 6.43. The van der Waals surface area contributed by atoms with Gasteiger partial charge in [-0.3, -0.25) is 9.59 Å². The molecule has 2 amide bonds. The first-order valence-corrected chi connectivity index (χ1v) is 14.1. The van der Waals surface area contributed by atoms with Crippen LogP contribution in [0.1, 0.15) is 39.7 Å². The van der Waals surface area contributed by atoms with E-state index in [0.717, 1.165) is 28.1 Å². The van der Waals surface area contributed by atoms with Crippen LogP contribution in [0.3, 0.4) is 0 Å². The number of carbonyl (C=O) groups excluding carboxylic acids is 2. The lowest BCUT2D eigenvalue weighted by Gasteiger charge is -2.28. The second-order valence-electron chi connectivity index (χ2n) is 11.1. The average molecular weight is 560 g/mol. The molecule has 3 aromatic carbocycles. The highest BCUT2D eigenvalue weighted by atomic mass is 16.5. The number of hydrogen-bond acceptors (Lipinski definition) is 6. The van der Waals surface area contributed by atoms with Crippen molar-refractivity contribution in [3.63, 3.8) is 0 Å². The smallest absolute Gasteiger partial charge is 0.475 e. The third-order valence-electron chi connectivity index (χ3n) is 6.89. The van der Waals surface area contributed by atoms with Crippen LogP contribution in [-0.2, 0) is 16.0 Å². The second-order valence-corrected chi connectivity index (χ2v) is 11.1. The standard InChI is InChI=1S/C32H42BN3O5/c1-21(2)18-29(33(39)40)35-32(38)30(22(3)4)36-31(37)28(19-23-14-16-27(41-5)17-15-23)34-26-13-9-12-25(20-26)24-10-7-6-8-11-24/h6-17,20-22,28-30,34,39-40H,18-19H2,1-5H3,(H,35,38)(H,36,37)/t28-,29+,30-/m0/s1. The molecule has 8 nitrogen and oxygen atoms in total. The van der Waals surface area contributed by atoms with Gasteiger partial charge in [-0.15, -0.1) is 0 Å². The van der Waals surface area contributed by atoms with E-state index in [-0.39, 0.29) is 17.7 Å². The molecule has 9 heteroatoms. The number of amides is 2. The molecule has 3 rings (SSSR count). The third kappa shape index (κ3) is 9.65. The van der Waals surface area contributed by atoms with Crippen molar-refractivity contribution in [1.82, 2.24) is 10.6 Å². The molecule has 5 N–H and O–H groups in total. The number of nitrogens with one attached hydrogen (secondary N) is 3. The molecule has 0 fully saturated rings. The van der Waals surface area contributed by atoms with Crippen LogP contribution < -0.4 is 20.7 Å². The van der Waals surface area contributed by atoms with Gasteiger partial charge < -0.3 is 30.7 Å². The quantitative estimate of drug-likeness (QED) is 0.190. The highest BCUT2D eigenvalue weighted by Crippen LogP contribution is 2.24. The molecule has 3 atom stereocenters. The summed E-state index contributed by atoms with van der Waals surface area (Å²) in [6.45, 7) is 7.55. The van der Waals surface area contributed by atoms with E-state index >= 15 is 0 Å². The van der Waals surface area contributed by atoms with Gasteiger partial charge in [-0.25, -0.2) is 0 Å². The van der Waals surface area contributed by atoms with Gasteiger partial charge in [0.15, 0.2) is 0 Å². The van der Waals surface area contributed by atoms with Crippen molar-refractivity contribution in [3.05, 3.63) is 84.4 Å². The van der Waals surface area contributed by atoms with Crippen molar-refractivity contribution in [3.8, 4) is 16.9 Å². The SMILES string of the molecule is COc1ccc(C[C@H](Nc2cccc(-c3ccccc3)c2)C(=O)N[C@H](C(=O)N[C@H](CC(C)C)B(O)O)C(C)C)cc1. The highest BCUT2D eigenvalue weighted by Gasteiger charge is 2.32. The van der Waals surface area contributed by atoms with Crippen LogP contribution in [0.25, 0.3) is 11.1 Å². The van der Waals surface area contributed by atoms with E-state index in [9.17, 15) is 19.6 Å². The summed E-state index contributed by atoms with van der Waals surface area (Å²) in [5.74, 6) is -1.02. The van der Waals surface area contributed by atoms with Gasteiger partial charge in [-0.1, -0.05) is 82.3 Å². The van der Waals surface area contributed by atoms with E-state index in [1.54, 1.807) is 7.11 Å². The van der Waals surface area contributed by atoms with Gasteiger partial charge in [0.2, 0.25) is 11.8 Å². The fourth-order valence-corrected chi connectivity index (χ4v) is 4.65. The van der Waals surface area contributed by atoms with Crippen LogP contribution in [0.15, 0.2) is 78.9 Å². The lowest BCUT2D eigenvalue weighted by Crippen LogP contribution is -2.57. The number of hydrogen-bond donors (Lipinski definition) is 5. The summed E-state index contributed by atoms with van der Waals surface area (Å²) in [7, 11) is -0.100. The molecule has 0 saturated carbocycles. The Morgan fingerprint density at radius 3 is 2.07 bits per heavy atom. The number of carbonyl (C=O) groups is 2. The Morgan fingerprint density at radius 2 is 1.49 bits per heavy atom. The summed E-state index contributed by atoms with van der Waals surface area (Å²) < 4.78 is 5.28. The maximum absolute atomic E-state index is 13.8. The van der Waals surface area contributed by atoms with Gasteiger partial charge in [0, 0.05) is 12.1 Å². The van der Waals surface area contributed by atoms with Crippen molar-refractivity contribution in [1.29, 1.82) is 0 Å². The fraction of sp³-hybridized carbons (Fsp3) is 0.375. The minimum atomic E-state index is -1.70. The maximum Gasteiger partial charge on any atom is 0.475 e. The minimum Gasteiger partial charge on any atom is -0.497 e. The van der Waals surface area contributed by atoms with Gasteiger partial charge in [-0.05, 0) is 59.2 Å². The summed E-state index contributed by atoms with van der Waals surface area (Å²) in [5.41, 5.74) is 3.76. The van der Waals surface area contributed by atoms with E-state index in [0.29, 0.717) is 12.8 Å². The Morgan fingerprint density at radius 1 is 0.829 bits per heavy atom. The molecule has 0 aliphatic rings. The van der Waals surface area contributed by atoms with Gasteiger partial charge in [0.1, 0.15) is 17.8 Å². The monoisotopic (exact) mass is 559 g/mol. The van der Waals surface area contributed by atoms with Crippen LogP contribution in [0.5, 0.6) is 5.75 Å². The molecule has 0 aliphatic heterocycles. The Bertz CT molecular complexity index is 1250. The zero-order chi connectivity index (χ0) is 29.9. The Labute approximate surface area is 243 Å². The molecule has 41 heavy (non-hydrogen) atoms. The molecule has 0 saturated heterocycles. The Kier molecular flexibility index (Phi) is 11.8. The fourth-order valence-electron chi connectivity index (χ4n) is 4.65. The summed E-state index contributed by atoms with van der Waals surface area (Å²) >= 11 is 0. The summed E-state index contributed by atoms with van der Waals surface area (Å²) in [6.07, 6.45) is 0.755. The van der Waals surface area contributed by atoms with Crippen LogP contribution in [0.2, 0.25) is 0 Å². The number of ether oxygens (including phenoxy) is 1. The number of rotatable bonds is 14. The van der Waals surface area contributed by atoms with E-state index in [2.05, 4.69) is 16.0 Å². The molecule has 0 spiro atoms. The summed E-state index contributed by atoms with van der Waals surface area (Å²) in [4.78, 5) is 27.0. The zero-order valence-corrected chi connectivity index (χ0v) is 24.5. The molecule has 0 aromatic heterocycles. The number of anilines is 1. The van der Waals surface area contributed by atoms with Gasteiger partial charge >= 0.3 is 7.12 Å². The molecule has 0 heterocycles. The molecule has 218 valence electrons. The molecular formula is C32H42BN3O5. The topological polar surface area (TPSA) is 120 Å². The van der Waals surface area contributed by atoms with Crippen LogP contribution >= 0.6 is 0 Å². The second kappa shape index (κ2) is 15.3. The third-order valence-corrected chi connectivity index (χ3v) is 6.89. The van der Waals surface area contributed by atoms with Gasteiger partial charge in [-0.2, -0.15) is 0 Å². The first-order valence-electron chi connectivity index (χ1n) is 14.1. The van der Waals surface area contributed by atoms with Crippen LogP contribution in [0, 0.1) is 11.8 Å². The first-order chi connectivity index (χ1) is 19.6. The van der Waals surface area contributed by atoms with E-state index in [1.165, 1.54) is 0 Å². The molecule has 0 aliphatic carbocycles. The predicted molar refractivity (Wildman–Crippen MR) is 164 cm³/mol. The van der Waals surface area contributed by atoms with Crippen LogP contribution in [0.4, 0.5) is 5.69 Å². The summed E-state index contributed by atoms with van der Waals surface area (Å²) in [6, 6.07) is 23.8. The van der Waals surface area contributed by atoms with E-state index < -0.39 is 31.1 Å². The van der Waals surface area contributed by atoms with Gasteiger partial charge in [0.05, 0.1) is 13.1 Å². The van der Waals surface area contributed by atoms with Crippen molar-refractivity contribution < 1.29 is 24.4 Å². The lowest BCUT2D eigenvalue weighted by atomic mass is 9.75. The van der Waals surface area contributed by atoms with E-state index in [4.69, 9.17) is 4.74 Å². The summed E-state index contributed by atoms with van der Waals surface area (Å²) in [5, 5.41) is 28.6. The minimum absolute atomic E-state index is 0.138. The zero-order valence-electron chi connectivity index (χ0n) is 24.5. The van der Waals surface area contributed by atoms with Gasteiger partial charge in [0.25, 0.3) is 0 Å². The van der Waals surface area contributed by atoms with Crippen molar-refractivity contribution in [2.45, 2.75) is 58.6 Å². The van der Waals surface area contributed by atoms with Crippen LogP contribution in [-0.4, -0.2) is 54.1 Å². The molecule has 0 bridgehead atoms. The van der Waals surface area contributed by atoms with Crippen molar-refractivity contribution >= 4 is 24.6 Å². The maximum atomic E-state index is 13.8. The molecule has 3 aromatic rings. The molecule has 0 unspecified atom stereocenters. The van der Waals surface area contributed by atoms with Crippen molar-refractivity contribution in [2.75, 3.05) is 12.4 Å². The largest absolute Gasteiger partial charge is 0.497 e. The molecule has 0 radical (unpaired) electrons.